The first-order chi connectivity index (χ1) is 11.9. The minimum absolute atomic E-state index is 0.194. The number of amides is 1. The summed E-state index contributed by atoms with van der Waals surface area (Å²) in [5.74, 6) is 0.144. The first-order valence-corrected chi connectivity index (χ1v) is 8.35. The van der Waals surface area contributed by atoms with Crippen LogP contribution >= 0.6 is 23.2 Å². The van der Waals surface area contributed by atoms with Crippen LogP contribution in [0.1, 0.15) is 29.1 Å². The average Bonchev–Trinajstić information content (AvgIpc) is 2.57. The van der Waals surface area contributed by atoms with E-state index < -0.39 is 6.04 Å². The van der Waals surface area contributed by atoms with E-state index in [0.29, 0.717) is 32.3 Å². The summed E-state index contributed by atoms with van der Waals surface area (Å²) in [7, 11) is 1.63. The van der Waals surface area contributed by atoms with Gasteiger partial charge in [0.1, 0.15) is 5.82 Å². The summed E-state index contributed by atoms with van der Waals surface area (Å²) in [4.78, 5) is 29.4. The third-order valence-corrected chi connectivity index (χ3v) is 4.37. The molecule has 1 amide bonds. The number of hydrogen-bond donors (Lipinski definition) is 1. The van der Waals surface area contributed by atoms with E-state index >= 15 is 0 Å². The second-order valence-electron chi connectivity index (χ2n) is 5.70. The lowest BCUT2D eigenvalue weighted by atomic mass is 10.2. The molecule has 5 nitrogen and oxygen atoms in total. The standard InChI is InChI=1S/C18H15Cl2N3O2/c1-10(21-17(24)11-4-3-5-12(19)8-11)16-22-15-9-13(20)6-7-14(15)18(25)23(16)2/h3-10H,1-2H3,(H,21,24)/t10-/m0/s1. The van der Waals surface area contributed by atoms with Gasteiger partial charge in [0.25, 0.3) is 11.5 Å². The van der Waals surface area contributed by atoms with Crippen molar-refractivity contribution < 1.29 is 4.79 Å². The van der Waals surface area contributed by atoms with E-state index in [9.17, 15) is 9.59 Å². The fourth-order valence-corrected chi connectivity index (χ4v) is 2.98. The van der Waals surface area contributed by atoms with Crippen LogP contribution in [-0.2, 0) is 7.05 Å². The molecule has 0 aliphatic rings. The summed E-state index contributed by atoms with van der Waals surface area (Å²) in [6, 6.07) is 11.1. The Balaban J connectivity index is 1.96. The quantitative estimate of drug-likeness (QED) is 0.758. The number of hydrogen-bond acceptors (Lipinski definition) is 3. The lowest BCUT2D eigenvalue weighted by Gasteiger charge is -2.17. The maximum atomic E-state index is 12.5. The summed E-state index contributed by atoms with van der Waals surface area (Å²) in [5.41, 5.74) is 0.739. The number of benzene rings is 2. The van der Waals surface area contributed by atoms with Gasteiger partial charge in [-0.05, 0) is 43.3 Å². The molecule has 7 heteroatoms. The van der Waals surface area contributed by atoms with Crippen LogP contribution in [-0.4, -0.2) is 15.5 Å². The van der Waals surface area contributed by atoms with Crippen molar-refractivity contribution in [1.29, 1.82) is 0 Å². The Morgan fingerprint density at radius 1 is 1.16 bits per heavy atom. The molecule has 0 saturated carbocycles. The molecule has 0 bridgehead atoms. The molecule has 0 saturated heterocycles. The SMILES string of the molecule is C[C@H](NC(=O)c1cccc(Cl)c1)c1nc2cc(Cl)ccc2c(=O)n1C. The number of carbonyl (C=O) groups excluding carboxylic acids is 1. The minimum atomic E-state index is -0.479. The molecule has 1 atom stereocenters. The first-order valence-electron chi connectivity index (χ1n) is 7.59. The van der Waals surface area contributed by atoms with E-state index in [1.165, 1.54) is 4.57 Å². The highest BCUT2D eigenvalue weighted by molar-refractivity contribution is 6.31. The van der Waals surface area contributed by atoms with E-state index in [-0.39, 0.29) is 11.5 Å². The topological polar surface area (TPSA) is 64.0 Å². The Bertz CT molecular complexity index is 1030. The van der Waals surface area contributed by atoms with Gasteiger partial charge in [0.05, 0.1) is 16.9 Å². The van der Waals surface area contributed by atoms with Crippen molar-refractivity contribution in [2.45, 2.75) is 13.0 Å². The molecule has 3 rings (SSSR count). The number of rotatable bonds is 3. The Morgan fingerprint density at radius 2 is 1.88 bits per heavy atom. The van der Waals surface area contributed by atoms with Crippen molar-refractivity contribution in [3.63, 3.8) is 0 Å². The lowest BCUT2D eigenvalue weighted by Crippen LogP contribution is -2.32. The van der Waals surface area contributed by atoms with Crippen LogP contribution in [0.2, 0.25) is 10.0 Å². The molecular weight excluding hydrogens is 361 g/mol. The maximum Gasteiger partial charge on any atom is 0.261 e. The normalized spacial score (nSPS) is 12.2. The molecule has 1 aromatic heterocycles. The summed E-state index contributed by atoms with van der Waals surface area (Å²) in [6.07, 6.45) is 0. The minimum Gasteiger partial charge on any atom is -0.342 e. The number of fused-ring (bicyclic) bond motifs is 1. The van der Waals surface area contributed by atoms with Crippen molar-refractivity contribution in [2.24, 2.45) is 7.05 Å². The molecule has 128 valence electrons. The number of carbonyl (C=O) groups is 1. The van der Waals surface area contributed by atoms with E-state index in [1.54, 1.807) is 56.4 Å². The zero-order valence-corrected chi connectivity index (χ0v) is 15.1. The fourth-order valence-electron chi connectivity index (χ4n) is 2.62. The van der Waals surface area contributed by atoms with Crippen molar-refractivity contribution in [3.05, 3.63) is 74.3 Å². The van der Waals surface area contributed by atoms with Gasteiger partial charge >= 0.3 is 0 Å². The number of nitrogens with one attached hydrogen (secondary N) is 1. The van der Waals surface area contributed by atoms with Gasteiger partial charge in [-0.2, -0.15) is 0 Å². The van der Waals surface area contributed by atoms with Gasteiger partial charge in [-0.15, -0.1) is 0 Å². The monoisotopic (exact) mass is 375 g/mol. The largest absolute Gasteiger partial charge is 0.342 e. The van der Waals surface area contributed by atoms with Crippen molar-refractivity contribution in [3.8, 4) is 0 Å². The Kier molecular flexibility index (Phi) is 4.79. The zero-order chi connectivity index (χ0) is 18.1. The van der Waals surface area contributed by atoms with Crippen molar-refractivity contribution >= 4 is 40.0 Å². The Labute approximate surface area is 154 Å². The van der Waals surface area contributed by atoms with Crippen LogP contribution < -0.4 is 10.9 Å². The van der Waals surface area contributed by atoms with Crippen molar-refractivity contribution in [2.75, 3.05) is 0 Å². The van der Waals surface area contributed by atoms with Gasteiger partial charge in [0, 0.05) is 22.7 Å². The average molecular weight is 376 g/mol. The summed E-state index contributed by atoms with van der Waals surface area (Å²) in [6.45, 7) is 1.76. The highest BCUT2D eigenvalue weighted by Crippen LogP contribution is 2.18. The molecule has 0 unspecified atom stereocenters. The van der Waals surface area contributed by atoms with Crippen LogP contribution in [0.4, 0.5) is 0 Å². The lowest BCUT2D eigenvalue weighted by molar-refractivity contribution is 0.0937. The molecule has 0 aliphatic carbocycles. The van der Waals surface area contributed by atoms with Gasteiger partial charge in [-0.3, -0.25) is 14.2 Å². The Hall–Kier alpha value is -2.37. The van der Waals surface area contributed by atoms with Crippen LogP contribution in [0.25, 0.3) is 10.9 Å². The molecule has 25 heavy (non-hydrogen) atoms. The Morgan fingerprint density at radius 3 is 2.60 bits per heavy atom. The first kappa shape index (κ1) is 17.5. The molecule has 1 heterocycles. The van der Waals surface area contributed by atoms with E-state index in [0.717, 1.165) is 0 Å². The smallest absolute Gasteiger partial charge is 0.261 e. The highest BCUT2D eigenvalue weighted by Gasteiger charge is 2.17. The molecule has 0 aliphatic heterocycles. The van der Waals surface area contributed by atoms with Gasteiger partial charge in [0.2, 0.25) is 0 Å². The van der Waals surface area contributed by atoms with E-state index in [1.807, 2.05) is 0 Å². The molecular formula is C18H15Cl2N3O2. The van der Waals surface area contributed by atoms with Crippen molar-refractivity contribution in [1.82, 2.24) is 14.9 Å². The second kappa shape index (κ2) is 6.86. The summed E-state index contributed by atoms with van der Waals surface area (Å²) < 4.78 is 1.43. The molecule has 1 N–H and O–H groups in total. The third kappa shape index (κ3) is 3.52. The maximum absolute atomic E-state index is 12.5. The third-order valence-electron chi connectivity index (χ3n) is 3.90. The fraction of sp³-hybridized carbons (Fsp3) is 0.167. The second-order valence-corrected chi connectivity index (χ2v) is 6.57. The molecule has 0 fully saturated rings. The number of nitrogens with zero attached hydrogens (tertiary/aromatic N) is 2. The molecule has 3 aromatic rings. The zero-order valence-electron chi connectivity index (χ0n) is 13.6. The van der Waals surface area contributed by atoms with Crippen LogP contribution in [0.5, 0.6) is 0 Å². The van der Waals surface area contributed by atoms with Gasteiger partial charge in [0.15, 0.2) is 0 Å². The summed E-state index contributed by atoms with van der Waals surface area (Å²) in [5, 5.41) is 4.28. The van der Waals surface area contributed by atoms with Gasteiger partial charge < -0.3 is 5.32 Å². The van der Waals surface area contributed by atoms with Gasteiger partial charge in [-0.25, -0.2) is 4.98 Å². The number of halogens is 2. The molecule has 0 spiro atoms. The number of aromatic nitrogens is 2. The highest BCUT2D eigenvalue weighted by atomic mass is 35.5. The predicted molar refractivity (Wildman–Crippen MR) is 99.3 cm³/mol. The van der Waals surface area contributed by atoms with E-state index in [2.05, 4.69) is 10.3 Å². The molecule has 2 aromatic carbocycles. The molecule has 0 radical (unpaired) electrons. The predicted octanol–water partition coefficient (Wildman–Crippen LogP) is 3.73. The van der Waals surface area contributed by atoms with Crippen LogP contribution in [0.15, 0.2) is 47.3 Å². The van der Waals surface area contributed by atoms with Crippen LogP contribution in [0.3, 0.4) is 0 Å². The summed E-state index contributed by atoms with van der Waals surface area (Å²) >= 11 is 11.9. The van der Waals surface area contributed by atoms with Gasteiger partial charge in [-0.1, -0.05) is 29.3 Å². The van der Waals surface area contributed by atoms with Crippen LogP contribution in [0, 0.1) is 0 Å². The van der Waals surface area contributed by atoms with E-state index in [4.69, 9.17) is 23.2 Å².